The van der Waals surface area contributed by atoms with Crippen LogP contribution in [0.15, 0.2) is 5.03 Å². The van der Waals surface area contributed by atoms with Gasteiger partial charge >= 0.3 is 0 Å². The van der Waals surface area contributed by atoms with Crippen LogP contribution in [0.3, 0.4) is 0 Å². The molecule has 3 rings (SSSR count). The molecule has 1 unspecified atom stereocenters. The zero-order valence-corrected chi connectivity index (χ0v) is 12.6. The van der Waals surface area contributed by atoms with E-state index in [4.69, 9.17) is 4.74 Å². The largest absolute Gasteiger partial charge is 0.377 e. The van der Waals surface area contributed by atoms with Crippen LogP contribution >= 0.6 is 11.8 Å². The van der Waals surface area contributed by atoms with E-state index in [1.165, 1.54) is 25.7 Å². The first kappa shape index (κ1) is 13.8. The molecular formula is C15H19N3OS. The number of rotatable bonds is 4. The molecule has 1 aromatic heterocycles. The predicted octanol–water partition coefficient (Wildman–Crippen LogP) is 3.20. The van der Waals surface area contributed by atoms with Crippen LogP contribution < -0.4 is 0 Å². The van der Waals surface area contributed by atoms with E-state index in [-0.39, 0.29) is 0 Å². The van der Waals surface area contributed by atoms with Crippen molar-refractivity contribution in [2.24, 2.45) is 0 Å². The van der Waals surface area contributed by atoms with Crippen LogP contribution in [-0.2, 0) is 4.74 Å². The molecule has 0 aromatic carbocycles. The lowest BCUT2D eigenvalue weighted by Gasteiger charge is -2.22. The van der Waals surface area contributed by atoms with Crippen molar-refractivity contribution in [3.63, 3.8) is 0 Å². The van der Waals surface area contributed by atoms with Crippen molar-refractivity contribution in [2.75, 3.05) is 12.4 Å². The Hall–Kier alpha value is -1.12. The molecule has 1 atom stereocenters. The molecule has 0 radical (unpaired) electrons. The van der Waals surface area contributed by atoms with Gasteiger partial charge in [-0.3, -0.25) is 0 Å². The van der Waals surface area contributed by atoms with Gasteiger partial charge in [0.05, 0.1) is 11.8 Å². The highest BCUT2D eigenvalue weighted by Gasteiger charge is 2.28. The number of hydrogen-bond acceptors (Lipinski definition) is 5. The molecule has 2 heterocycles. The van der Waals surface area contributed by atoms with E-state index in [1.807, 2.05) is 6.92 Å². The third-order valence-corrected chi connectivity index (χ3v) is 4.92. The number of nitrogens with zero attached hydrogens (tertiary/aromatic N) is 3. The van der Waals surface area contributed by atoms with Gasteiger partial charge in [0.25, 0.3) is 0 Å². The van der Waals surface area contributed by atoms with Crippen LogP contribution in [-0.4, -0.2) is 28.4 Å². The Balaban J connectivity index is 1.74. The molecule has 2 fully saturated rings. The van der Waals surface area contributed by atoms with Crippen molar-refractivity contribution < 1.29 is 4.74 Å². The van der Waals surface area contributed by atoms with Crippen LogP contribution in [0.4, 0.5) is 0 Å². The van der Waals surface area contributed by atoms with E-state index in [2.05, 4.69) is 16.0 Å². The van der Waals surface area contributed by atoms with Crippen molar-refractivity contribution in [3.8, 4) is 6.07 Å². The standard InChI is InChI=1S/C15H19N3OS/c1-10-13(8-16)15(18-14(17-10)11-5-6-11)20-9-12-4-2-3-7-19-12/h11-12H,2-7,9H2,1H3. The van der Waals surface area contributed by atoms with Crippen LogP contribution in [0.5, 0.6) is 0 Å². The Morgan fingerprint density at radius 2 is 2.15 bits per heavy atom. The summed E-state index contributed by atoms with van der Waals surface area (Å²) in [6.45, 7) is 2.78. The molecular weight excluding hydrogens is 270 g/mol. The van der Waals surface area contributed by atoms with Gasteiger partial charge in [-0.05, 0) is 39.0 Å². The summed E-state index contributed by atoms with van der Waals surface area (Å²) in [5.41, 5.74) is 1.45. The van der Waals surface area contributed by atoms with Gasteiger partial charge in [-0.15, -0.1) is 11.8 Å². The van der Waals surface area contributed by atoms with Gasteiger partial charge < -0.3 is 4.74 Å². The number of aryl methyl sites for hydroxylation is 1. The lowest BCUT2D eigenvalue weighted by Crippen LogP contribution is -2.21. The van der Waals surface area contributed by atoms with Crippen LogP contribution in [0.2, 0.25) is 0 Å². The predicted molar refractivity (Wildman–Crippen MR) is 77.8 cm³/mol. The average Bonchev–Trinajstić information content (AvgIpc) is 3.30. The summed E-state index contributed by atoms with van der Waals surface area (Å²) in [4.78, 5) is 9.11. The monoisotopic (exact) mass is 289 g/mol. The maximum atomic E-state index is 9.31. The van der Waals surface area contributed by atoms with E-state index in [9.17, 15) is 5.26 Å². The molecule has 1 aromatic rings. The van der Waals surface area contributed by atoms with Gasteiger partial charge in [-0.1, -0.05) is 0 Å². The van der Waals surface area contributed by atoms with Crippen LogP contribution in [0, 0.1) is 18.3 Å². The first-order valence-electron chi connectivity index (χ1n) is 7.31. The molecule has 1 aliphatic carbocycles. The highest BCUT2D eigenvalue weighted by atomic mass is 32.2. The van der Waals surface area contributed by atoms with Crippen molar-refractivity contribution >= 4 is 11.8 Å². The van der Waals surface area contributed by atoms with E-state index in [0.717, 1.165) is 35.3 Å². The zero-order chi connectivity index (χ0) is 13.9. The van der Waals surface area contributed by atoms with Crippen LogP contribution in [0.1, 0.15) is 55.1 Å². The second-order valence-corrected chi connectivity index (χ2v) is 6.54. The smallest absolute Gasteiger partial charge is 0.133 e. The molecule has 0 N–H and O–H groups in total. The van der Waals surface area contributed by atoms with Crippen molar-refractivity contribution in [3.05, 3.63) is 17.1 Å². The summed E-state index contributed by atoms with van der Waals surface area (Å²) >= 11 is 1.65. The maximum absolute atomic E-state index is 9.31. The normalized spacial score (nSPS) is 22.5. The van der Waals surface area contributed by atoms with Gasteiger partial charge in [-0.25, -0.2) is 9.97 Å². The van der Waals surface area contributed by atoms with E-state index in [0.29, 0.717) is 17.6 Å². The van der Waals surface area contributed by atoms with Gasteiger partial charge in [0.2, 0.25) is 0 Å². The first-order chi connectivity index (χ1) is 9.78. The number of hydrogen-bond donors (Lipinski definition) is 0. The summed E-state index contributed by atoms with van der Waals surface area (Å²) in [7, 11) is 0. The van der Waals surface area contributed by atoms with Gasteiger partial charge in [-0.2, -0.15) is 5.26 Å². The number of nitriles is 1. The number of aromatic nitrogens is 2. The molecule has 20 heavy (non-hydrogen) atoms. The first-order valence-corrected chi connectivity index (χ1v) is 8.29. The summed E-state index contributed by atoms with van der Waals surface area (Å²) in [5.74, 6) is 2.33. The van der Waals surface area contributed by atoms with E-state index >= 15 is 0 Å². The second-order valence-electron chi connectivity index (χ2n) is 5.53. The Kier molecular flexibility index (Phi) is 4.23. The lowest BCUT2D eigenvalue weighted by atomic mass is 10.1. The van der Waals surface area contributed by atoms with Gasteiger partial charge in [0.1, 0.15) is 22.5 Å². The van der Waals surface area contributed by atoms with Crippen molar-refractivity contribution in [2.45, 2.75) is 56.1 Å². The highest BCUT2D eigenvalue weighted by Crippen LogP contribution is 2.39. The molecule has 0 amide bonds. The summed E-state index contributed by atoms with van der Waals surface area (Å²) in [5, 5.41) is 10.2. The fraction of sp³-hybridized carbons (Fsp3) is 0.667. The van der Waals surface area contributed by atoms with Crippen LogP contribution in [0.25, 0.3) is 0 Å². The van der Waals surface area contributed by atoms with E-state index < -0.39 is 0 Å². The molecule has 4 nitrogen and oxygen atoms in total. The Labute approximate surface area is 124 Å². The SMILES string of the molecule is Cc1nc(C2CC2)nc(SCC2CCCCO2)c1C#N. The summed E-state index contributed by atoms with van der Waals surface area (Å²) in [6.07, 6.45) is 6.20. The fourth-order valence-corrected chi connectivity index (χ4v) is 3.54. The summed E-state index contributed by atoms with van der Waals surface area (Å²) < 4.78 is 5.75. The Morgan fingerprint density at radius 1 is 1.30 bits per heavy atom. The zero-order valence-electron chi connectivity index (χ0n) is 11.8. The minimum atomic E-state index is 0.305. The minimum absolute atomic E-state index is 0.305. The molecule has 0 bridgehead atoms. The Bertz CT molecular complexity index is 531. The van der Waals surface area contributed by atoms with Gasteiger partial charge in [0.15, 0.2) is 0 Å². The van der Waals surface area contributed by atoms with E-state index in [1.54, 1.807) is 11.8 Å². The molecule has 106 valence electrons. The number of thioether (sulfide) groups is 1. The molecule has 1 aliphatic heterocycles. The quantitative estimate of drug-likeness (QED) is 0.629. The summed E-state index contributed by atoms with van der Waals surface area (Å²) in [6, 6.07) is 2.25. The highest BCUT2D eigenvalue weighted by molar-refractivity contribution is 7.99. The fourth-order valence-electron chi connectivity index (χ4n) is 2.44. The van der Waals surface area contributed by atoms with Crippen molar-refractivity contribution in [1.82, 2.24) is 9.97 Å². The Morgan fingerprint density at radius 3 is 2.80 bits per heavy atom. The second kappa shape index (κ2) is 6.11. The van der Waals surface area contributed by atoms with Crippen molar-refractivity contribution in [1.29, 1.82) is 5.26 Å². The third kappa shape index (κ3) is 3.13. The van der Waals surface area contributed by atoms with Gasteiger partial charge in [0, 0.05) is 18.3 Å². The maximum Gasteiger partial charge on any atom is 0.133 e. The third-order valence-electron chi connectivity index (χ3n) is 3.81. The molecule has 2 aliphatic rings. The molecule has 1 saturated heterocycles. The topological polar surface area (TPSA) is 58.8 Å². The molecule has 5 heteroatoms. The number of ether oxygens (including phenoxy) is 1. The average molecular weight is 289 g/mol. The lowest BCUT2D eigenvalue weighted by molar-refractivity contribution is 0.0315. The molecule has 0 spiro atoms. The molecule has 1 saturated carbocycles. The minimum Gasteiger partial charge on any atom is -0.377 e.